The van der Waals surface area contributed by atoms with Gasteiger partial charge in [0, 0.05) is 11.8 Å². The van der Waals surface area contributed by atoms with Gasteiger partial charge >= 0.3 is 5.97 Å². The van der Waals surface area contributed by atoms with Crippen LogP contribution in [0.5, 0.6) is 0 Å². The van der Waals surface area contributed by atoms with E-state index in [2.05, 4.69) is 39.8 Å². The lowest BCUT2D eigenvalue weighted by molar-refractivity contribution is -0.294. The number of carbonyl (C=O) groups is 1. The molecule has 1 unspecified atom stereocenters. The third kappa shape index (κ3) is 3.22. The zero-order valence-electron chi connectivity index (χ0n) is 23.7. The Morgan fingerprint density at radius 2 is 1.72 bits per heavy atom. The van der Waals surface area contributed by atoms with Gasteiger partial charge in [0.05, 0.1) is 25.7 Å². The fourth-order valence-electron chi connectivity index (χ4n) is 11.2. The summed E-state index contributed by atoms with van der Waals surface area (Å²) >= 11 is 0. The van der Waals surface area contributed by atoms with Crippen molar-refractivity contribution in [3.8, 4) is 0 Å². The molecule has 0 amide bonds. The van der Waals surface area contributed by atoms with Gasteiger partial charge in [-0.3, -0.25) is 4.79 Å². The molecular weight excluding hydrogens is 448 g/mol. The predicted octanol–water partition coefficient (Wildman–Crippen LogP) is 7.03. The van der Waals surface area contributed by atoms with Crippen molar-refractivity contribution in [2.45, 2.75) is 98.7 Å². The van der Waals surface area contributed by atoms with Crippen LogP contribution >= 0.6 is 0 Å². The van der Waals surface area contributed by atoms with Crippen molar-refractivity contribution in [2.75, 3.05) is 19.8 Å². The van der Waals surface area contributed by atoms with Crippen LogP contribution in [0.1, 0.15) is 92.9 Å². The van der Waals surface area contributed by atoms with Gasteiger partial charge < -0.3 is 14.2 Å². The largest absolute Gasteiger partial charge is 0.466 e. The molecule has 5 saturated carbocycles. The summed E-state index contributed by atoms with van der Waals surface area (Å²) in [5.74, 6) is 4.20. The highest BCUT2D eigenvalue weighted by Crippen LogP contribution is 2.85. The third-order valence-electron chi connectivity index (χ3n) is 13.2. The molecule has 6 rings (SSSR count). The van der Waals surface area contributed by atoms with E-state index in [1.54, 1.807) is 0 Å². The van der Waals surface area contributed by atoms with Crippen molar-refractivity contribution in [1.82, 2.24) is 0 Å². The first kappa shape index (κ1) is 25.4. The van der Waals surface area contributed by atoms with Crippen LogP contribution < -0.4 is 0 Å². The fraction of sp³-hybridized carbons (Fsp3) is 0.906. The van der Waals surface area contributed by atoms with Crippen molar-refractivity contribution in [3.05, 3.63) is 12.2 Å². The molecular formula is C32H50O4. The molecule has 0 aromatic rings. The molecule has 1 heterocycles. The number of allylic oxidation sites excluding steroid dienone is 2. The van der Waals surface area contributed by atoms with Gasteiger partial charge in [0.2, 0.25) is 0 Å². The Kier molecular flexibility index (Phi) is 6.05. The summed E-state index contributed by atoms with van der Waals surface area (Å²) in [6.45, 7) is 15.8. The molecule has 0 radical (unpaired) electrons. The molecule has 5 aliphatic carbocycles. The van der Waals surface area contributed by atoms with Gasteiger partial charge in [-0.2, -0.15) is 0 Å². The van der Waals surface area contributed by atoms with E-state index in [1.165, 1.54) is 44.9 Å². The van der Waals surface area contributed by atoms with Crippen LogP contribution in [0, 0.1) is 63.6 Å². The molecule has 0 N–H and O–H groups in total. The first-order valence-corrected chi connectivity index (χ1v) is 15.3. The highest BCUT2D eigenvalue weighted by Gasteiger charge is 2.83. The number of ether oxygens (including phenoxy) is 3. The second-order valence-electron chi connectivity index (χ2n) is 14.2. The van der Waals surface area contributed by atoms with Gasteiger partial charge in [0.25, 0.3) is 0 Å². The quantitative estimate of drug-likeness (QED) is 0.291. The Bertz CT molecular complexity index is 906. The maximum Gasteiger partial charge on any atom is 0.309 e. The molecule has 202 valence electrons. The van der Waals surface area contributed by atoms with E-state index in [-0.39, 0.29) is 23.6 Å². The van der Waals surface area contributed by atoms with Crippen molar-refractivity contribution in [3.63, 3.8) is 0 Å². The summed E-state index contributed by atoms with van der Waals surface area (Å²) in [6.07, 6.45) is 15.5. The Balaban J connectivity index is 1.21. The number of fused-ring (bicyclic) bond motifs is 4. The van der Waals surface area contributed by atoms with E-state index in [0.717, 1.165) is 43.3 Å². The number of hydrogen-bond donors (Lipinski definition) is 0. The maximum atomic E-state index is 12.2. The first-order valence-electron chi connectivity index (χ1n) is 15.3. The van der Waals surface area contributed by atoms with E-state index in [4.69, 9.17) is 14.2 Å². The summed E-state index contributed by atoms with van der Waals surface area (Å²) in [7, 11) is 0. The predicted molar refractivity (Wildman–Crippen MR) is 141 cm³/mol. The normalized spacial score (nSPS) is 48.7. The summed E-state index contributed by atoms with van der Waals surface area (Å²) in [6, 6.07) is 0. The van der Waals surface area contributed by atoms with Crippen LogP contribution in [0.4, 0.5) is 0 Å². The van der Waals surface area contributed by atoms with E-state index in [0.29, 0.717) is 34.7 Å². The Morgan fingerprint density at radius 1 is 0.972 bits per heavy atom. The second kappa shape index (κ2) is 8.57. The number of esters is 1. The lowest BCUT2D eigenvalue weighted by atomic mass is 9.44. The number of rotatable bonds is 6. The number of carbonyl (C=O) groups excluding carboxylic acids is 1. The molecule has 11 atom stereocenters. The van der Waals surface area contributed by atoms with Crippen molar-refractivity contribution in [1.29, 1.82) is 0 Å². The van der Waals surface area contributed by atoms with Gasteiger partial charge in [-0.05, 0) is 104 Å². The van der Waals surface area contributed by atoms with Gasteiger partial charge in [-0.15, -0.1) is 0 Å². The smallest absolute Gasteiger partial charge is 0.309 e. The minimum Gasteiger partial charge on any atom is -0.466 e. The summed E-state index contributed by atoms with van der Waals surface area (Å²) < 4.78 is 18.6. The lowest BCUT2D eigenvalue weighted by Gasteiger charge is -2.63. The van der Waals surface area contributed by atoms with Crippen LogP contribution in [-0.2, 0) is 19.0 Å². The van der Waals surface area contributed by atoms with Crippen LogP contribution in [0.25, 0.3) is 0 Å². The van der Waals surface area contributed by atoms with Gasteiger partial charge in [-0.1, -0.05) is 46.8 Å². The molecule has 4 nitrogen and oxygen atoms in total. The van der Waals surface area contributed by atoms with Gasteiger partial charge in [0.1, 0.15) is 0 Å². The van der Waals surface area contributed by atoms with Crippen molar-refractivity contribution >= 4 is 5.97 Å². The number of hydrogen-bond acceptors (Lipinski definition) is 4. The van der Waals surface area contributed by atoms with Crippen LogP contribution in [0.2, 0.25) is 0 Å². The van der Waals surface area contributed by atoms with Crippen molar-refractivity contribution in [2.24, 2.45) is 63.6 Å². The Morgan fingerprint density at radius 3 is 2.42 bits per heavy atom. The highest BCUT2D eigenvalue weighted by molar-refractivity contribution is 5.72. The van der Waals surface area contributed by atoms with Crippen molar-refractivity contribution < 1.29 is 19.0 Å². The Labute approximate surface area is 219 Å². The standard InChI is InChI=1S/C32H50O4/c1-7-34-28(33)22(4)20(2)8-9-21(3)25-10-11-26-24-19-32(35-16-17-36-32)31-18-23(31)12-15-30(31,6)27(24)13-14-29(25,26)5/h8-9,20-27H,7,10-19H2,1-6H3/b9-8+/t20-,21-,22?,23-,24+,25-,26+,27+,29-,30-,31-/m1/s1. The van der Waals surface area contributed by atoms with E-state index >= 15 is 0 Å². The van der Waals surface area contributed by atoms with E-state index < -0.39 is 0 Å². The minimum absolute atomic E-state index is 0.0767. The molecule has 4 heteroatoms. The average molecular weight is 499 g/mol. The molecule has 2 spiro atoms. The highest BCUT2D eigenvalue weighted by atomic mass is 16.7. The molecule has 1 aliphatic heterocycles. The molecule has 0 aromatic heterocycles. The van der Waals surface area contributed by atoms with Gasteiger partial charge in [-0.25, -0.2) is 0 Å². The zero-order chi connectivity index (χ0) is 25.5. The molecule has 6 aliphatic rings. The monoisotopic (exact) mass is 498 g/mol. The van der Waals surface area contributed by atoms with Crippen LogP contribution in [0.3, 0.4) is 0 Å². The molecule has 1 saturated heterocycles. The summed E-state index contributed by atoms with van der Waals surface area (Å²) in [5.41, 5.74) is 1.10. The zero-order valence-corrected chi connectivity index (χ0v) is 23.7. The minimum atomic E-state index is -0.287. The van der Waals surface area contributed by atoms with Gasteiger partial charge in [0.15, 0.2) is 5.79 Å². The second-order valence-corrected chi connectivity index (χ2v) is 14.2. The van der Waals surface area contributed by atoms with E-state index in [9.17, 15) is 4.79 Å². The SMILES string of the molecule is CCOC(=O)C(C)[C@H](C)/C=C/[C@@H](C)[C@H]1CC[C@H]2[C@@H]3CC4(OCCO4)[C@]45C[C@H]4CC[C@]5(C)[C@H]3CC[C@]12C. The topological polar surface area (TPSA) is 44.8 Å². The summed E-state index contributed by atoms with van der Waals surface area (Å²) in [4.78, 5) is 12.2. The first-order chi connectivity index (χ1) is 17.1. The van der Waals surface area contributed by atoms with Crippen LogP contribution in [0.15, 0.2) is 12.2 Å². The third-order valence-corrected chi connectivity index (χ3v) is 13.2. The molecule has 6 fully saturated rings. The Hall–Kier alpha value is -0.870. The molecule has 0 bridgehead atoms. The molecule has 0 aromatic carbocycles. The van der Waals surface area contributed by atoms with E-state index in [1.807, 2.05) is 13.8 Å². The van der Waals surface area contributed by atoms with Crippen LogP contribution in [-0.4, -0.2) is 31.6 Å². The molecule has 36 heavy (non-hydrogen) atoms. The maximum absolute atomic E-state index is 12.2. The lowest BCUT2D eigenvalue weighted by Crippen LogP contribution is -2.62. The average Bonchev–Trinajstić information content (AvgIpc) is 3.11. The fourth-order valence-corrected chi connectivity index (χ4v) is 11.2. The summed E-state index contributed by atoms with van der Waals surface area (Å²) in [5, 5.41) is 0.